The van der Waals surface area contributed by atoms with Crippen LogP contribution in [0.25, 0.3) is 6.08 Å². The molecule has 3 aromatic carbocycles. The minimum Gasteiger partial charge on any atom is -0.321 e. The highest BCUT2D eigenvalue weighted by Gasteiger charge is 2.40. The molecule has 0 unspecified atom stereocenters. The first-order chi connectivity index (χ1) is 19.4. The van der Waals surface area contributed by atoms with Crippen LogP contribution >= 0.6 is 39.0 Å². The molecule has 0 saturated carbocycles. The van der Waals surface area contributed by atoms with Gasteiger partial charge in [-0.25, -0.2) is 4.90 Å². The van der Waals surface area contributed by atoms with Crippen LogP contribution in [-0.4, -0.2) is 28.9 Å². The van der Waals surface area contributed by atoms with Crippen LogP contribution in [0, 0.1) is 0 Å². The van der Waals surface area contributed by atoms with Crippen molar-refractivity contribution in [3.63, 3.8) is 0 Å². The number of nitrogens with one attached hydrogen (secondary N) is 2. The van der Waals surface area contributed by atoms with Gasteiger partial charge >= 0.3 is 0 Å². The summed E-state index contributed by atoms with van der Waals surface area (Å²) in [6.07, 6.45) is 1.70. The number of nitrogens with zero attached hydrogens (tertiary/aromatic N) is 1. The maximum atomic E-state index is 13.3. The van der Waals surface area contributed by atoms with E-state index in [4.69, 9.17) is 0 Å². The summed E-state index contributed by atoms with van der Waals surface area (Å²) in [6, 6.07) is 26.4. The predicted molar refractivity (Wildman–Crippen MR) is 162 cm³/mol. The summed E-state index contributed by atoms with van der Waals surface area (Å²) in [6.45, 7) is 0. The molecule has 1 atom stereocenters. The van der Waals surface area contributed by atoms with E-state index in [0.717, 1.165) is 14.2 Å². The Kier molecular flexibility index (Phi) is 8.59. The molecule has 4 aromatic rings. The van der Waals surface area contributed by atoms with Gasteiger partial charge in [0.1, 0.15) is 5.70 Å². The molecule has 2 N–H and O–H groups in total. The maximum Gasteiger partial charge on any atom is 0.272 e. The van der Waals surface area contributed by atoms with Crippen molar-refractivity contribution in [3.8, 4) is 0 Å². The number of imide groups is 1. The lowest BCUT2D eigenvalue weighted by molar-refractivity contribution is -0.121. The van der Waals surface area contributed by atoms with Crippen LogP contribution in [0.5, 0.6) is 0 Å². The number of carbonyl (C=O) groups excluding carboxylic acids is 4. The Balaban J connectivity index is 1.30. The number of halogens is 1. The molecule has 40 heavy (non-hydrogen) atoms. The van der Waals surface area contributed by atoms with Crippen molar-refractivity contribution in [2.75, 3.05) is 10.2 Å². The van der Waals surface area contributed by atoms with Gasteiger partial charge in [-0.1, -0.05) is 46.3 Å². The Morgan fingerprint density at radius 3 is 2.45 bits per heavy atom. The molecule has 10 heteroatoms. The molecule has 200 valence electrons. The molecule has 2 heterocycles. The average Bonchev–Trinajstić information content (AvgIpc) is 3.56. The van der Waals surface area contributed by atoms with Gasteiger partial charge in [0, 0.05) is 31.9 Å². The minimum absolute atomic E-state index is 0.0787. The number of thiophene rings is 1. The van der Waals surface area contributed by atoms with Crippen molar-refractivity contribution in [2.45, 2.75) is 16.6 Å². The fraction of sp³-hybridized carbons (Fsp3) is 0.0667. The zero-order valence-corrected chi connectivity index (χ0v) is 24.1. The summed E-state index contributed by atoms with van der Waals surface area (Å²) >= 11 is 6.08. The fourth-order valence-electron chi connectivity index (χ4n) is 4.03. The Hall–Kier alpha value is -3.99. The molecule has 1 saturated heterocycles. The second kappa shape index (κ2) is 12.5. The van der Waals surface area contributed by atoms with E-state index in [2.05, 4.69) is 26.6 Å². The molecular formula is C30H22BrN3O4S2. The third kappa shape index (κ3) is 6.59. The molecule has 1 aliphatic rings. The van der Waals surface area contributed by atoms with Crippen molar-refractivity contribution in [3.05, 3.63) is 117 Å². The van der Waals surface area contributed by atoms with E-state index >= 15 is 0 Å². The van der Waals surface area contributed by atoms with E-state index in [9.17, 15) is 19.2 Å². The van der Waals surface area contributed by atoms with Crippen molar-refractivity contribution in [2.24, 2.45) is 0 Å². The molecule has 1 aliphatic heterocycles. The monoisotopic (exact) mass is 631 g/mol. The summed E-state index contributed by atoms with van der Waals surface area (Å²) in [5.41, 5.74) is 1.54. The number of carbonyl (C=O) groups is 4. The molecule has 1 aromatic heterocycles. The highest BCUT2D eigenvalue weighted by Crippen LogP contribution is 2.35. The Bertz CT molecular complexity index is 1590. The summed E-state index contributed by atoms with van der Waals surface area (Å²) in [7, 11) is 0. The lowest BCUT2D eigenvalue weighted by atomic mass is 10.2. The third-order valence-corrected chi connectivity index (χ3v) is 8.45. The van der Waals surface area contributed by atoms with Crippen molar-refractivity contribution >= 4 is 80.1 Å². The van der Waals surface area contributed by atoms with Crippen LogP contribution in [0.4, 0.5) is 11.4 Å². The van der Waals surface area contributed by atoms with E-state index < -0.39 is 17.1 Å². The Morgan fingerprint density at radius 2 is 1.73 bits per heavy atom. The smallest absolute Gasteiger partial charge is 0.272 e. The van der Waals surface area contributed by atoms with Gasteiger partial charge < -0.3 is 10.6 Å². The number of thioether (sulfide) groups is 1. The second-order valence-electron chi connectivity index (χ2n) is 8.73. The van der Waals surface area contributed by atoms with Gasteiger partial charge in [-0.2, -0.15) is 0 Å². The molecule has 0 radical (unpaired) electrons. The van der Waals surface area contributed by atoms with Crippen molar-refractivity contribution in [1.29, 1.82) is 0 Å². The number of hydrogen-bond donors (Lipinski definition) is 2. The topological polar surface area (TPSA) is 95.6 Å². The van der Waals surface area contributed by atoms with E-state index in [1.54, 1.807) is 72.8 Å². The molecule has 1 fully saturated rings. The van der Waals surface area contributed by atoms with Crippen molar-refractivity contribution < 1.29 is 19.2 Å². The van der Waals surface area contributed by atoms with Gasteiger partial charge in [-0.05, 0) is 72.1 Å². The largest absolute Gasteiger partial charge is 0.321 e. The van der Waals surface area contributed by atoms with E-state index in [1.165, 1.54) is 28.0 Å². The number of hydrogen-bond acceptors (Lipinski definition) is 6. The number of benzene rings is 3. The second-order valence-corrected chi connectivity index (χ2v) is 11.9. The summed E-state index contributed by atoms with van der Waals surface area (Å²) in [5, 5.41) is 6.86. The van der Waals surface area contributed by atoms with E-state index in [-0.39, 0.29) is 23.9 Å². The first kappa shape index (κ1) is 27.6. The molecule has 7 nitrogen and oxygen atoms in total. The van der Waals surface area contributed by atoms with Gasteiger partial charge in [0.25, 0.3) is 11.8 Å². The molecule has 0 aliphatic carbocycles. The van der Waals surface area contributed by atoms with Crippen LogP contribution in [0.15, 0.2) is 111 Å². The van der Waals surface area contributed by atoms with Crippen LogP contribution in [0.1, 0.15) is 21.7 Å². The van der Waals surface area contributed by atoms with Crippen LogP contribution in [-0.2, 0) is 14.4 Å². The average molecular weight is 633 g/mol. The zero-order chi connectivity index (χ0) is 28.1. The highest BCUT2D eigenvalue weighted by atomic mass is 79.9. The fourth-order valence-corrected chi connectivity index (χ4v) is 6.06. The number of amides is 4. The van der Waals surface area contributed by atoms with Gasteiger partial charge in [0.05, 0.1) is 10.9 Å². The normalized spacial score (nSPS) is 15.3. The molecule has 5 rings (SSSR count). The predicted octanol–water partition coefficient (Wildman–Crippen LogP) is 6.34. The Morgan fingerprint density at radius 1 is 0.950 bits per heavy atom. The first-order valence-corrected chi connectivity index (χ1v) is 14.7. The lowest BCUT2D eigenvalue weighted by Crippen LogP contribution is -2.31. The van der Waals surface area contributed by atoms with Crippen molar-refractivity contribution in [1.82, 2.24) is 5.32 Å². The Labute approximate surface area is 247 Å². The standard InChI is InChI=1S/C30H22BrN3O4S2/c31-20-11-13-22(14-12-20)34-27(35)18-26(30(34)38)40-24-9-4-8-21(16-24)32-29(37)25(17-23-10-5-15-39-23)33-28(36)19-6-2-1-3-7-19/h1-17,26H,18H2,(H,32,37)(H,33,36)/b25-17+/t26-/m0/s1. The quantitative estimate of drug-likeness (QED) is 0.175. The van der Waals surface area contributed by atoms with Gasteiger partial charge in [-0.3, -0.25) is 19.2 Å². The number of rotatable bonds is 8. The van der Waals surface area contributed by atoms with E-state index in [1.807, 2.05) is 29.6 Å². The third-order valence-electron chi connectivity index (χ3n) is 5.92. The molecular weight excluding hydrogens is 610 g/mol. The summed E-state index contributed by atoms with van der Waals surface area (Å²) in [4.78, 5) is 54.6. The molecule has 4 amide bonds. The maximum absolute atomic E-state index is 13.3. The van der Waals surface area contributed by atoms with E-state index in [0.29, 0.717) is 16.9 Å². The summed E-state index contributed by atoms with van der Waals surface area (Å²) in [5.74, 6) is -1.43. The highest BCUT2D eigenvalue weighted by molar-refractivity contribution is 9.10. The SMILES string of the molecule is O=C(Nc1cccc(S[C@H]2CC(=O)N(c3ccc(Br)cc3)C2=O)c1)/C(=C\c1cccs1)NC(=O)c1ccccc1. The van der Waals surface area contributed by atoms with Gasteiger partial charge in [0.15, 0.2) is 0 Å². The molecule has 0 bridgehead atoms. The van der Waals surface area contributed by atoms with Crippen LogP contribution in [0.3, 0.4) is 0 Å². The summed E-state index contributed by atoms with van der Waals surface area (Å²) < 4.78 is 0.855. The van der Waals surface area contributed by atoms with Crippen LogP contribution in [0.2, 0.25) is 0 Å². The zero-order valence-electron chi connectivity index (χ0n) is 20.9. The minimum atomic E-state index is -0.582. The van der Waals surface area contributed by atoms with Crippen LogP contribution < -0.4 is 15.5 Å². The number of anilines is 2. The van der Waals surface area contributed by atoms with Gasteiger partial charge in [-0.15, -0.1) is 23.1 Å². The first-order valence-electron chi connectivity index (χ1n) is 12.2. The molecule has 0 spiro atoms. The van der Waals surface area contributed by atoms with Gasteiger partial charge in [0.2, 0.25) is 11.8 Å². The lowest BCUT2D eigenvalue weighted by Gasteiger charge is -2.15.